The van der Waals surface area contributed by atoms with E-state index in [1.54, 1.807) is 7.05 Å². The van der Waals surface area contributed by atoms with Crippen LogP contribution < -0.4 is 5.32 Å². The third kappa shape index (κ3) is 2.15. The van der Waals surface area contributed by atoms with Crippen molar-refractivity contribution in [1.82, 2.24) is 20.3 Å². The van der Waals surface area contributed by atoms with Crippen LogP contribution in [0.3, 0.4) is 0 Å². The first-order chi connectivity index (χ1) is 9.50. The third-order valence-corrected chi connectivity index (χ3v) is 3.38. The van der Waals surface area contributed by atoms with Crippen molar-refractivity contribution in [1.29, 1.82) is 0 Å². The molecule has 0 spiro atoms. The number of aromatic nitrogens is 3. The molecule has 104 valence electrons. The predicted octanol–water partition coefficient (Wildman–Crippen LogP) is 1.51. The van der Waals surface area contributed by atoms with Gasteiger partial charge in [-0.2, -0.15) is 0 Å². The Kier molecular flexibility index (Phi) is 2.77. The van der Waals surface area contributed by atoms with Crippen LogP contribution >= 0.6 is 0 Å². The van der Waals surface area contributed by atoms with Gasteiger partial charge in [0.1, 0.15) is 11.6 Å². The molecule has 1 saturated carbocycles. The zero-order chi connectivity index (χ0) is 14.3. The Labute approximate surface area is 113 Å². The molecule has 1 aliphatic rings. The highest BCUT2D eigenvalue weighted by atomic mass is 19.1. The first-order valence-corrected chi connectivity index (χ1v) is 6.14. The summed E-state index contributed by atoms with van der Waals surface area (Å²) in [5, 5.41) is 10.1. The minimum atomic E-state index is -0.758. The molecule has 20 heavy (non-hydrogen) atoms. The summed E-state index contributed by atoms with van der Waals surface area (Å²) >= 11 is 0. The van der Waals surface area contributed by atoms with Gasteiger partial charge in [-0.15, -0.1) is 5.10 Å². The largest absolute Gasteiger partial charge is 0.341 e. The number of rotatable bonds is 3. The van der Waals surface area contributed by atoms with Crippen LogP contribution in [0.15, 0.2) is 24.4 Å². The molecular formula is C13H12F2N4O. The number of nitrogens with zero attached hydrogens (tertiary/aromatic N) is 3. The van der Waals surface area contributed by atoms with Gasteiger partial charge in [-0.3, -0.25) is 9.48 Å². The SMILES string of the molecule is Cn1cc(C(=O)NC2(c3ccc(F)cc3F)CC2)nn1. The van der Waals surface area contributed by atoms with Gasteiger partial charge in [-0.1, -0.05) is 11.3 Å². The lowest BCUT2D eigenvalue weighted by molar-refractivity contribution is 0.0925. The molecule has 0 aliphatic heterocycles. The Morgan fingerprint density at radius 3 is 2.70 bits per heavy atom. The molecule has 1 heterocycles. The lowest BCUT2D eigenvalue weighted by atomic mass is 10.0. The van der Waals surface area contributed by atoms with Crippen LogP contribution in [0.4, 0.5) is 8.78 Å². The third-order valence-electron chi connectivity index (χ3n) is 3.38. The Bertz CT molecular complexity index is 679. The number of carbonyl (C=O) groups is 1. The van der Waals surface area contributed by atoms with Crippen molar-refractivity contribution < 1.29 is 13.6 Å². The van der Waals surface area contributed by atoms with Gasteiger partial charge in [0.15, 0.2) is 5.69 Å². The minimum absolute atomic E-state index is 0.168. The molecule has 1 aromatic heterocycles. The number of halogens is 2. The first kappa shape index (κ1) is 12.7. The van der Waals surface area contributed by atoms with Crippen LogP contribution in [0.5, 0.6) is 0 Å². The van der Waals surface area contributed by atoms with E-state index < -0.39 is 23.1 Å². The summed E-state index contributed by atoms with van der Waals surface area (Å²) in [5.74, 6) is -1.71. The van der Waals surface area contributed by atoms with Crippen LogP contribution in [0, 0.1) is 11.6 Å². The lowest BCUT2D eigenvalue weighted by Gasteiger charge is -2.17. The van der Waals surface area contributed by atoms with Crippen molar-refractivity contribution in [3.8, 4) is 0 Å². The fourth-order valence-electron chi connectivity index (χ4n) is 2.20. The summed E-state index contributed by atoms with van der Waals surface area (Å²) in [4.78, 5) is 12.0. The topological polar surface area (TPSA) is 59.8 Å². The second-order valence-corrected chi connectivity index (χ2v) is 4.94. The van der Waals surface area contributed by atoms with Crippen molar-refractivity contribution in [3.05, 3.63) is 47.3 Å². The van der Waals surface area contributed by atoms with E-state index in [4.69, 9.17) is 0 Å². The van der Waals surface area contributed by atoms with E-state index in [9.17, 15) is 13.6 Å². The van der Waals surface area contributed by atoms with Crippen molar-refractivity contribution in [2.75, 3.05) is 0 Å². The summed E-state index contributed by atoms with van der Waals surface area (Å²) in [6.45, 7) is 0. The van der Waals surface area contributed by atoms with Crippen molar-refractivity contribution >= 4 is 5.91 Å². The summed E-state index contributed by atoms with van der Waals surface area (Å²) in [7, 11) is 1.65. The maximum absolute atomic E-state index is 13.8. The normalized spacial score (nSPS) is 15.9. The van der Waals surface area contributed by atoms with Gasteiger partial charge < -0.3 is 5.32 Å². The van der Waals surface area contributed by atoms with E-state index in [-0.39, 0.29) is 5.69 Å². The zero-order valence-electron chi connectivity index (χ0n) is 10.7. The summed E-state index contributed by atoms with van der Waals surface area (Å²) < 4.78 is 28.2. The summed E-state index contributed by atoms with van der Waals surface area (Å²) in [6.07, 6.45) is 2.70. The van der Waals surface area contributed by atoms with E-state index in [1.807, 2.05) is 0 Å². The number of nitrogens with one attached hydrogen (secondary N) is 1. The van der Waals surface area contributed by atoms with Gasteiger partial charge >= 0.3 is 0 Å². The highest BCUT2D eigenvalue weighted by Crippen LogP contribution is 2.46. The first-order valence-electron chi connectivity index (χ1n) is 6.14. The van der Waals surface area contributed by atoms with Gasteiger partial charge in [-0.05, 0) is 18.9 Å². The van der Waals surface area contributed by atoms with Crippen molar-refractivity contribution in [2.45, 2.75) is 18.4 Å². The van der Waals surface area contributed by atoms with Crippen LogP contribution in [0.25, 0.3) is 0 Å². The molecule has 2 aromatic rings. The van der Waals surface area contributed by atoms with Crippen molar-refractivity contribution in [3.63, 3.8) is 0 Å². The van der Waals surface area contributed by atoms with Gasteiger partial charge in [0.2, 0.25) is 0 Å². The smallest absolute Gasteiger partial charge is 0.274 e. The number of aryl methyl sites for hydroxylation is 1. The Morgan fingerprint density at radius 1 is 1.40 bits per heavy atom. The van der Waals surface area contributed by atoms with Gasteiger partial charge in [0.05, 0.1) is 11.7 Å². The fourth-order valence-corrected chi connectivity index (χ4v) is 2.20. The van der Waals surface area contributed by atoms with Gasteiger partial charge in [-0.25, -0.2) is 8.78 Å². The van der Waals surface area contributed by atoms with Crippen LogP contribution in [0.2, 0.25) is 0 Å². The molecule has 0 unspecified atom stereocenters. The standard InChI is InChI=1S/C13H12F2N4O/c1-19-7-11(17-18-19)12(20)16-13(4-5-13)9-3-2-8(14)6-10(9)15/h2-3,6-7H,4-5H2,1H3,(H,16,20). The zero-order valence-corrected chi connectivity index (χ0v) is 10.7. The molecule has 0 saturated heterocycles. The molecule has 1 amide bonds. The second kappa shape index (κ2) is 4.36. The van der Waals surface area contributed by atoms with E-state index in [1.165, 1.54) is 23.0 Å². The van der Waals surface area contributed by atoms with Crippen molar-refractivity contribution in [2.24, 2.45) is 7.05 Å². The van der Waals surface area contributed by atoms with Crippen LogP contribution in [-0.4, -0.2) is 20.9 Å². The number of hydrogen-bond donors (Lipinski definition) is 1. The number of benzene rings is 1. The Morgan fingerprint density at radius 2 is 2.15 bits per heavy atom. The molecule has 1 N–H and O–H groups in total. The maximum atomic E-state index is 13.8. The second-order valence-electron chi connectivity index (χ2n) is 4.94. The highest BCUT2D eigenvalue weighted by Gasteiger charge is 2.47. The molecule has 7 heteroatoms. The molecule has 0 radical (unpaired) electrons. The predicted molar refractivity (Wildman–Crippen MR) is 65.7 cm³/mol. The monoisotopic (exact) mass is 278 g/mol. The molecule has 1 fully saturated rings. The van der Waals surface area contributed by atoms with Gasteiger partial charge in [0, 0.05) is 18.7 Å². The number of hydrogen-bond acceptors (Lipinski definition) is 3. The molecule has 5 nitrogen and oxygen atoms in total. The quantitative estimate of drug-likeness (QED) is 0.926. The fraction of sp³-hybridized carbons (Fsp3) is 0.308. The average Bonchev–Trinajstić information content (AvgIpc) is 3.01. The van der Waals surface area contributed by atoms with E-state index in [0.717, 1.165) is 6.07 Å². The Hall–Kier alpha value is -2.31. The van der Waals surface area contributed by atoms with E-state index >= 15 is 0 Å². The Balaban J connectivity index is 1.84. The lowest BCUT2D eigenvalue weighted by Crippen LogP contribution is -2.35. The van der Waals surface area contributed by atoms with E-state index in [0.29, 0.717) is 18.4 Å². The van der Waals surface area contributed by atoms with Gasteiger partial charge in [0.25, 0.3) is 5.91 Å². The van der Waals surface area contributed by atoms with Crippen LogP contribution in [-0.2, 0) is 12.6 Å². The molecular weight excluding hydrogens is 266 g/mol. The maximum Gasteiger partial charge on any atom is 0.274 e. The van der Waals surface area contributed by atoms with E-state index in [2.05, 4.69) is 15.6 Å². The number of carbonyl (C=O) groups excluding carboxylic acids is 1. The average molecular weight is 278 g/mol. The molecule has 0 bridgehead atoms. The van der Waals surface area contributed by atoms with Crippen LogP contribution in [0.1, 0.15) is 28.9 Å². The molecule has 0 atom stereocenters. The summed E-state index contributed by atoms with van der Waals surface area (Å²) in [6, 6.07) is 3.38. The molecule has 1 aliphatic carbocycles. The molecule has 1 aromatic carbocycles. The summed E-state index contributed by atoms with van der Waals surface area (Å²) in [5.41, 5.74) is -0.288. The molecule has 3 rings (SSSR count). The minimum Gasteiger partial charge on any atom is -0.341 e. The highest BCUT2D eigenvalue weighted by molar-refractivity contribution is 5.92. The number of amides is 1.